The van der Waals surface area contributed by atoms with E-state index < -0.39 is 0 Å². The third-order valence-electron chi connectivity index (χ3n) is 3.91. The number of para-hydroxylation sites is 2. The summed E-state index contributed by atoms with van der Waals surface area (Å²) in [4.78, 5) is 14.5. The van der Waals surface area contributed by atoms with Gasteiger partial charge in [-0.05, 0) is 45.0 Å². The van der Waals surface area contributed by atoms with E-state index in [1.807, 2.05) is 55.5 Å². The molecule has 0 saturated heterocycles. The van der Waals surface area contributed by atoms with Gasteiger partial charge in [-0.25, -0.2) is 0 Å². The Labute approximate surface area is 137 Å². The topological polar surface area (TPSA) is 41.6 Å². The molecule has 0 saturated carbocycles. The first-order valence-corrected chi connectivity index (χ1v) is 7.82. The van der Waals surface area contributed by atoms with Crippen LogP contribution in [0.5, 0.6) is 5.75 Å². The Morgan fingerprint density at radius 3 is 2.61 bits per heavy atom. The average molecular weight is 310 g/mol. The van der Waals surface area contributed by atoms with E-state index in [0.717, 1.165) is 11.4 Å². The normalized spacial score (nSPS) is 15.5. The number of hydrogen-bond donors (Lipinski definition) is 1. The van der Waals surface area contributed by atoms with Crippen LogP contribution in [0.15, 0.2) is 48.5 Å². The molecule has 4 heteroatoms. The van der Waals surface area contributed by atoms with Crippen molar-refractivity contribution in [2.75, 3.05) is 23.4 Å². The van der Waals surface area contributed by atoms with Crippen LogP contribution in [0.4, 0.5) is 11.4 Å². The van der Waals surface area contributed by atoms with Crippen LogP contribution in [0.2, 0.25) is 0 Å². The number of aryl methyl sites for hydroxylation is 1. The Hall–Kier alpha value is -2.49. The molecule has 120 valence electrons. The van der Waals surface area contributed by atoms with Crippen molar-refractivity contribution in [3.63, 3.8) is 0 Å². The first-order valence-electron chi connectivity index (χ1n) is 7.82. The predicted octanol–water partition coefficient (Wildman–Crippen LogP) is 3.61. The third kappa shape index (κ3) is 3.47. The minimum atomic E-state index is -0.173. The SMILES string of the molecule is Cc1ccc(OCC(=O)N2CC(C)(C)Nc3ccccc32)cc1. The minimum Gasteiger partial charge on any atom is -0.484 e. The Bertz CT molecular complexity index is 708. The van der Waals surface area contributed by atoms with Gasteiger partial charge in [-0.1, -0.05) is 29.8 Å². The van der Waals surface area contributed by atoms with Crippen molar-refractivity contribution in [3.05, 3.63) is 54.1 Å². The summed E-state index contributed by atoms with van der Waals surface area (Å²) in [7, 11) is 0. The number of amides is 1. The smallest absolute Gasteiger partial charge is 0.265 e. The van der Waals surface area contributed by atoms with Crippen LogP contribution < -0.4 is 15.0 Å². The predicted molar refractivity (Wildman–Crippen MR) is 93.2 cm³/mol. The monoisotopic (exact) mass is 310 g/mol. The molecule has 0 aliphatic carbocycles. The molecule has 4 nitrogen and oxygen atoms in total. The lowest BCUT2D eigenvalue weighted by atomic mass is 9.99. The molecule has 0 spiro atoms. The molecule has 0 unspecified atom stereocenters. The number of carbonyl (C=O) groups is 1. The molecule has 0 atom stereocenters. The van der Waals surface area contributed by atoms with E-state index >= 15 is 0 Å². The number of anilines is 2. The number of benzene rings is 2. The molecule has 1 amide bonds. The maximum absolute atomic E-state index is 12.7. The molecule has 2 aromatic carbocycles. The molecule has 1 aliphatic rings. The van der Waals surface area contributed by atoms with Crippen LogP contribution in [0.25, 0.3) is 0 Å². The lowest BCUT2D eigenvalue weighted by Crippen LogP contribution is -2.51. The largest absolute Gasteiger partial charge is 0.484 e. The quantitative estimate of drug-likeness (QED) is 0.941. The van der Waals surface area contributed by atoms with Crippen molar-refractivity contribution in [2.45, 2.75) is 26.3 Å². The van der Waals surface area contributed by atoms with Crippen molar-refractivity contribution < 1.29 is 9.53 Å². The molecular formula is C19H22N2O2. The molecule has 0 bridgehead atoms. The van der Waals surface area contributed by atoms with Crippen LogP contribution >= 0.6 is 0 Å². The van der Waals surface area contributed by atoms with Gasteiger partial charge in [0, 0.05) is 12.1 Å². The van der Waals surface area contributed by atoms with Gasteiger partial charge in [0.1, 0.15) is 5.75 Å². The van der Waals surface area contributed by atoms with Crippen molar-refractivity contribution in [1.82, 2.24) is 0 Å². The van der Waals surface area contributed by atoms with E-state index in [-0.39, 0.29) is 18.1 Å². The summed E-state index contributed by atoms with van der Waals surface area (Å²) in [5, 5.41) is 3.47. The molecule has 1 aliphatic heterocycles. The molecule has 1 N–H and O–H groups in total. The number of ether oxygens (including phenoxy) is 1. The second kappa shape index (κ2) is 5.95. The fourth-order valence-electron chi connectivity index (χ4n) is 2.78. The van der Waals surface area contributed by atoms with Gasteiger partial charge < -0.3 is 15.0 Å². The van der Waals surface area contributed by atoms with E-state index in [0.29, 0.717) is 12.3 Å². The van der Waals surface area contributed by atoms with E-state index in [2.05, 4.69) is 19.2 Å². The van der Waals surface area contributed by atoms with Gasteiger partial charge in [0.15, 0.2) is 6.61 Å². The molecule has 0 radical (unpaired) electrons. The lowest BCUT2D eigenvalue weighted by molar-refractivity contribution is -0.120. The van der Waals surface area contributed by atoms with Gasteiger partial charge in [-0.3, -0.25) is 4.79 Å². The molecule has 1 heterocycles. The fraction of sp³-hybridized carbons (Fsp3) is 0.316. The number of carbonyl (C=O) groups excluding carboxylic acids is 1. The Kier molecular flexibility index (Phi) is 3.99. The molecular weight excluding hydrogens is 288 g/mol. The van der Waals surface area contributed by atoms with Crippen LogP contribution in [0, 0.1) is 6.92 Å². The number of nitrogens with one attached hydrogen (secondary N) is 1. The number of nitrogens with zero attached hydrogens (tertiary/aromatic N) is 1. The fourth-order valence-corrected chi connectivity index (χ4v) is 2.78. The Morgan fingerprint density at radius 2 is 1.87 bits per heavy atom. The zero-order chi connectivity index (χ0) is 16.4. The first-order chi connectivity index (χ1) is 10.9. The highest BCUT2D eigenvalue weighted by molar-refractivity contribution is 5.99. The van der Waals surface area contributed by atoms with Gasteiger partial charge in [0.05, 0.1) is 11.4 Å². The van der Waals surface area contributed by atoms with E-state index in [9.17, 15) is 4.79 Å². The van der Waals surface area contributed by atoms with Gasteiger partial charge in [-0.15, -0.1) is 0 Å². The van der Waals surface area contributed by atoms with Gasteiger partial charge in [0.2, 0.25) is 0 Å². The number of fused-ring (bicyclic) bond motifs is 1. The summed E-state index contributed by atoms with van der Waals surface area (Å²) in [6.45, 7) is 6.84. The van der Waals surface area contributed by atoms with Crippen LogP contribution in [0.3, 0.4) is 0 Å². The number of rotatable bonds is 3. The summed E-state index contributed by atoms with van der Waals surface area (Å²) < 4.78 is 5.65. The number of hydrogen-bond acceptors (Lipinski definition) is 3. The average Bonchev–Trinajstić information content (AvgIpc) is 2.52. The van der Waals surface area contributed by atoms with E-state index in [4.69, 9.17) is 4.74 Å². The highest BCUT2D eigenvalue weighted by Gasteiger charge is 2.32. The van der Waals surface area contributed by atoms with Crippen LogP contribution in [0.1, 0.15) is 19.4 Å². The van der Waals surface area contributed by atoms with Gasteiger partial charge in [-0.2, -0.15) is 0 Å². The maximum Gasteiger partial charge on any atom is 0.265 e. The lowest BCUT2D eigenvalue weighted by Gasteiger charge is -2.40. The molecule has 0 aromatic heterocycles. The zero-order valence-corrected chi connectivity index (χ0v) is 13.8. The van der Waals surface area contributed by atoms with E-state index in [1.54, 1.807) is 4.90 Å². The summed E-state index contributed by atoms with van der Waals surface area (Å²) in [6, 6.07) is 15.6. The van der Waals surface area contributed by atoms with Crippen LogP contribution in [-0.4, -0.2) is 24.6 Å². The van der Waals surface area contributed by atoms with Crippen molar-refractivity contribution in [2.24, 2.45) is 0 Å². The molecule has 23 heavy (non-hydrogen) atoms. The highest BCUT2D eigenvalue weighted by Crippen LogP contribution is 2.34. The second-order valence-corrected chi connectivity index (χ2v) is 6.61. The zero-order valence-electron chi connectivity index (χ0n) is 13.8. The second-order valence-electron chi connectivity index (χ2n) is 6.61. The van der Waals surface area contributed by atoms with Crippen molar-refractivity contribution in [1.29, 1.82) is 0 Å². The third-order valence-corrected chi connectivity index (χ3v) is 3.91. The van der Waals surface area contributed by atoms with Gasteiger partial charge in [0.25, 0.3) is 5.91 Å². The molecule has 0 fully saturated rings. The first kappa shape index (κ1) is 15.4. The Morgan fingerprint density at radius 1 is 1.17 bits per heavy atom. The molecule has 3 rings (SSSR count). The highest BCUT2D eigenvalue weighted by atomic mass is 16.5. The standard InChI is InChI=1S/C19H22N2O2/c1-14-8-10-15(11-9-14)23-12-18(22)21-13-19(2,3)20-16-6-4-5-7-17(16)21/h4-11,20H,12-13H2,1-3H3. The van der Waals surface area contributed by atoms with Gasteiger partial charge >= 0.3 is 0 Å². The Balaban J connectivity index is 1.75. The van der Waals surface area contributed by atoms with Crippen molar-refractivity contribution >= 4 is 17.3 Å². The molecule has 2 aromatic rings. The summed E-state index contributed by atoms with van der Waals surface area (Å²) in [6.07, 6.45) is 0. The summed E-state index contributed by atoms with van der Waals surface area (Å²) >= 11 is 0. The minimum absolute atomic E-state index is 0.0346. The van der Waals surface area contributed by atoms with E-state index in [1.165, 1.54) is 5.56 Å². The summed E-state index contributed by atoms with van der Waals surface area (Å²) in [5.41, 5.74) is 2.88. The maximum atomic E-state index is 12.7. The van der Waals surface area contributed by atoms with Crippen LogP contribution in [-0.2, 0) is 4.79 Å². The van der Waals surface area contributed by atoms with Crippen molar-refractivity contribution in [3.8, 4) is 5.75 Å². The summed E-state index contributed by atoms with van der Waals surface area (Å²) in [5.74, 6) is 0.680.